The molecule has 32 heavy (non-hydrogen) atoms. The highest BCUT2D eigenvalue weighted by Crippen LogP contribution is 2.28. The zero-order chi connectivity index (χ0) is 21.9. The molecule has 0 atom stereocenters. The fourth-order valence-corrected chi connectivity index (χ4v) is 4.64. The van der Waals surface area contributed by atoms with Crippen molar-refractivity contribution in [1.82, 2.24) is 14.9 Å². The van der Waals surface area contributed by atoms with Gasteiger partial charge in [0, 0.05) is 53.9 Å². The summed E-state index contributed by atoms with van der Waals surface area (Å²) in [5, 5.41) is 1.12. The van der Waals surface area contributed by atoms with Gasteiger partial charge >= 0.3 is 0 Å². The molecule has 1 fully saturated rings. The van der Waals surface area contributed by atoms with Crippen LogP contribution < -0.4 is 0 Å². The molecule has 5 rings (SSSR count). The van der Waals surface area contributed by atoms with Gasteiger partial charge in [0.1, 0.15) is 5.82 Å². The number of aromatic nitrogens is 2. The third-order valence-electron chi connectivity index (χ3n) is 6.44. The molecular formula is C27H26FN3O. The highest BCUT2D eigenvalue weighted by Gasteiger charge is 2.25. The molecule has 1 N–H and O–H groups in total. The van der Waals surface area contributed by atoms with E-state index in [-0.39, 0.29) is 11.7 Å². The van der Waals surface area contributed by atoms with E-state index in [0.29, 0.717) is 24.3 Å². The van der Waals surface area contributed by atoms with Crippen molar-refractivity contribution in [2.75, 3.05) is 13.1 Å². The summed E-state index contributed by atoms with van der Waals surface area (Å²) in [7, 11) is 0. The van der Waals surface area contributed by atoms with Crippen LogP contribution in [0.1, 0.15) is 41.3 Å². The van der Waals surface area contributed by atoms with Crippen LogP contribution in [0.3, 0.4) is 0 Å². The van der Waals surface area contributed by atoms with Gasteiger partial charge in [0.05, 0.1) is 6.42 Å². The number of aromatic amines is 1. The van der Waals surface area contributed by atoms with Gasteiger partial charge in [0.2, 0.25) is 5.91 Å². The average Bonchev–Trinajstić information content (AvgIpc) is 3.24. The summed E-state index contributed by atoms with van der Waals surface area (Å²) < 4.78 is 14.0. The molecule has 1 amide bonds. The molecule has 5 heteroatoms. The Morgan fingerprint density at radius 3 is 2.59 bits per heavy atom. The Bertz CT molecular complexity index is 1240. The van der Waals surface area contributed by atoms with Crippen molar-refractivity contribution in [3.8, 4) is 0 Å². The smallest absolute Gasteiger partial charge is 0.227 e. The maximum atomic E-state index is 14.0. The number of rotatable bonds is 5. The summed E-state index contributed by atoms with van der Waals surface area (Å²) in [5.74, 6) is 0.309. The normalized spacial score (nSPS) is 14.7. The van der Waals surface area contributed by atoms with E-state index in [9.17, 15) is 9.18 Å². The number of nitrogens with one attached hydrogen (secondary N) is 1. The third-order valence-corrected chi connectivity index (χ3v) is 6.44. The molecule has 0 radical (unpaired) electrons. The number of carbonyl (C=O) groups is 1. The third kappa shape index (κ3) is 4.28. The van der Waals surface area contributed by atoms with Gasteiger partial charge in [0.15, 0.2) is 0 Å². The molecule has 3 heterocycles. The van der Waals surface area contributed by atoms with Gasteiger partial charge in [-0.3, -0.25) is 9.78 Å². The fourth-order valence-electron chi connectivity index (χ4n) is 4.64. The van der Waals surface area contributed by atoms with E-state index in [1.165, 1.54) is 6.07 Å². The van der Waals surface area contributed by atoms with Crippen LogP contribution >= 0.6 is 0 Å². The van der Waals surface area contributed by atoms with Crippen molar-refractivity contribution < 1.29 is 9.18 Å². The predicted molar refractivity (Wildman–Crippen MR) is 124 cm³/mol. The first-order chi connectivity index (χ1) is 15.7. The molecule has 1 aliphatic heterocycles. The maximum absolute atomic E-state index is 14.0. The Morgan fingerprint density at radius 1 is 0.969 bits per heavy atom. The minimum Gasteiger partial charge on any atom is -0.361 e. The van der Waals surface area contributed by atoms with E-state index < -0.39 is 0 Å². The molecule has 0 aliphatic carbocycles. The van der Waals surface area contributed by atoms with E-state index in [2.05, 4.69) is 17.1 Å². The summed E-state index contributed by atoms with van der Waals surface area (Å²) in [6.45, 7) is 1.48. The van der Waals surface area contributed by atoms with Crippen LogP contribution in [0.5, 0.6) is 0 Å². The van der Waals surface area contributed by atoms with Crippen molar-refractivity contribution >= 4 is 16.8 Å². The number of carbonyl (C=O) groups excluding carboxylic acids is 1. The number of fused-ring (bicyclic) bond motifs is 1. The van der Waals surface area contributed by atoms with E-state index >= 15 is 0 Å². The maximum Gasteiger partial charge on any atom is 0.227 e. The number of piperidine rings is 1. The zero-order valence-electron chi connectivity index (χ0n) is 17.9. The van der Waals surface area contributed by atoms with Crippen LogP contribution in [0.15, 0.2) is 72.9 Å². The van der Waals surface area contributed by atoms with Crippen LogP contribution in [-0.4, -0.2) is 33.9 Å². The van der Waals surface area contributed by atoms with Crippen LogP contribution in [-0.2, 0) is 17.6 Å². The van der Waals surface area contributed by atoms with Crippen LogP contribution in [0.4, 0.5) is 4.39 Å². The van der Waals surface area contributed by atoms with Gasteiger partial charge in [-0.1, -0.05) is 42.5 Å². The number of H-pyrrole nitrogens is 1. The van der Waals surface area contributed by atoms with Gasteiger partial charge in [-0.15, -0.1) is 0 Å². The number of amides is 1. The van der Waals surface area contributed by atoms with E-state index in [4.69, 9.17) is 4.98 Å². The highest BCUT2D eigenvalue weighted by molar-refractivity contribution is 5.88. The Balaban J connectivity index is 1.21. The summed E-state index contributed by atoms with van der Waals surface area (Å²) in [4.78, 5) is 22.9. The quantitative estimate of drug-likeness (QED) is 0.473. The monoisotopic (exact) mass is 427 g/mol. The molecule has 0 spiro atoms. The van der Waals surface area contributed by atoms with Gasteiger partial charge in [-0.05, 0) is 48.2 Å². The number of nitrogens with zero attached hydrogens (tertiary/aromatic N) is 2. The number of likely N-dealkylation sites (tertiary alicyclic amines) is 1. The van der Waals surface area contributed by atoms with E-state index in [0.717, 1.165) is 53.8 Å². The second-order valence-electron chi connectivity index (χ2n) is 8.51. The molecule has 4 aromatic rings. The zero-order valence-corrected chi connectivity index (χ0v) is 17.9. The minimum atomic E-state index is -0.193. The van der Waals surface area contributed by atoms with Crippen LogP contribution in [0.2, 0.25) is 0 Å². The number of pyridine rings is 1. The number of halogens is 1. The Hall–Kier alpha value is -3.47. The predicted octanol–water partition coefficient (Wildman–Crippen LogP) is 5.24. The van der Waals surface area contributed by atoms with Crippen molar-refractivity contribution in [1.29, 1.82) is 0 Å². The van der Waals surface area contributed by atoms with Crippen molar-refractivity contribution in [3.63, 3.8) is 0 Å². The molecule has 1 aliphatic rings. The molecule has 2 aromatic heterocycles. The second-order valence-corrected chi connectivity index (χ2v) is 8.51. The first-order valence-corrected chi connectivity index (χ1v) is 11.2. The molecule has 0 saturated carbocycles. The summed E-state index contributed by atoms with van der Waals surface area (Å²) in [6, 6.07) is 21.0. The molecular weight excluding hydrogens is 401 g/mol. The number of benzene rings is 2. The second kappa shape index (κ2) is 8.95. The highest BCUT2D eigenvalue weighted by atomic mass is 19.1. The lowest BCUT2D eigenvalue weighted by atomic mass is 9.92. The summed E-state index contributed by atoms with van der Waals surface area (Å²) in [5.41, 5.74) is 4.70. The number of hydrogen-bond acceptors (Lipinski definition) is 2. The average molecular weight is 428 g/mol. The Kier molecular flexibility index (Phi) is 5.71. The van der Waals surface area contributed by atoms with E-state index in [1.807, 2.05) is 53.6 Å². The molecule has 0 unspecified atom stereocenters. The fraction of sp³-hybridized carbons (Fsp3) is 0.259. The largest absolute Gasteiger partial charge is 0.361 e. The molecule has 0 bridgehead atoms. The van der Waals surface area contributed by atoms with Crippen molar-refractivity contribution in [2.24, 2.45) is 0 Å². The minimum absolute atomic E-state index is 0.175. The lowest BCUT2D eigenvalue weighted by Gasteiger charge is -2.32. The van der Waals surface area contributed by atoms with Gasteiger partial charge in [-0.2, -0.15) is 0 Å². The first kappa shape index (κ1) is 20.4. The standard InChI is InChI=1S/C27H26FN3O/c28-24-9-3-1-6-20(24)16-22-7-5-11-25(30-22)19-12-14-31(15-13-19)27(32)17-21-18-29-26-10-4-2-8-23(21)26/h1-11,18-19,29H,12-17H2. The topological polar surface area (TPSA) is 49.0 Å². The summed E-state index contributed by atoms with van der Waals surface area (Å²) in [6.07, 6.45) is 4.65. The van der Waals surface area contributed by atoms with Crippen molar-refractivity contribution in [3.05, 3.63) is 101 Å². The van der Waals surface area contributed by atoms with Gasteiger partial charge in [0.25, 0.3) is 0 Å². The van der Waals surface area contributed by atoms with Crippen LogP contribution in [0.25, 0.3) is 10.9 Å². The first-order valence-electron chi connectivity index (χ1n) is 11.2. The summed E-state index contributed by atoms with van der Waals surface area (Å²) >= 11 is 0. The number of para-hydroxylation sites is 1. The lowest BCUT2D eigenvalue weighted by Crippen LogP contribution is -2.38. The lowest BCUT2D eigenvalue weighted by molar-refractivity contribution is -0.131. The van der Waals surface area contributed by atoms with Crippen molar-refractivity contribution in [2.45, 2.75) is 31.6 Å². The van der Waals surface area contributed by atoms with E-state index in [1.54, 1.807) is 6.07 Å². The Morgan fingerprint density at radius 2 is 1.75 bits per heavy atom. The van der Waals surface area contributed by atoms with Gasteiger partial charge < -0.3 is 9.88 Å². The number of hydrogen-bond donors (Lipinski definition) is 1. The molecule has 1 saturated heterocycles. The molecule has 162 valence electrons. The van der Waals surface area contributed by atoms with Gasteiger partial charge in [-0.25, -0.2) is 4.39 Å². The molecule has 4 nitrogen and oxygen atoms in total. The van der Waals surface area contributed by atoms with Crippen LogP contribution in [0, 0.1) is 5.82 Å². The molecule has 2 aromatic carbocycles. The SMILES string of the molecule is O=C(Cc1c[nH]c2ccccc12)N1CCC(c2cccc(Cc3ccccc3F)n2)CC1. The Labute approximate surface area is 187 Å².